The van der Waals surface area contributed by atoms with Gasteiger partial charge in [0.15, 0.2) is 9.84 Å². The first kappa shape index (κ1) is 16.9. The van der Waals surface area contributed by atoms with Crippen LogP contribution in [0.25, 0.3) is 11.1 Å². The van der Waals surface area contributed by atoms with Crippen LogP contribution < -0.4 is 0 Å². The monoisotopic (exact) mass is 372 g/mol. The molecule has 0 unspecified atom stereocenters. The van der Waals surface area contributed by atoms with Crippen LogP contribution in [0.15, 0.2) is 53.4 Å². The van der Waals surface area contributed by atoms with Crippen LogP contribution in [-0.4, -0.2) is 14.7 Å². The molecule has 4 heteroatoms. The number of sulfone groups is 1. The molecular weight excluding hydrogens is 352 g/mol. The van der Waals surface area contributed by atoms with Gasteiger partial charge in [0, 0.05) is 11.3 Å². The SMILES string of the molecule is CS(=O)(=O)c1ccc(C2=C(c3ccc(Cl)cc3)CC3(CCC3)C2)cc1. The van der Waals surface area contributed by atoms with E-state index in [0.717, 1.165) is 23.4 Å². The summed E-state index contributed by atoms with van der Waals surface area (Å²) in [6.07, 6.45) is 7.33. The fourth-order valence-corrected chi connectivity index (χ4v) is 4.92. The van der Waals surface area contributed by atoms with Crippen LogP contribution in [-0.2, 0) is 9.84 Å². The second kappa shape index (κ2) is 6.00. The Morgan fingerprint density at radius 2 is 1.32 bits per heavy atom. The van der Waals surface area contributed by atoms with Crippen LogP contribution in [0.4, 0.5) is 0 Å². The molecule has 0 aromatic heterocycles. The molecule has 1 spiro atoms. The molecule has 0 bridgehead atoms. The number of hydrogen-bond acceptors (Lipinski definition) is 2. The highest BCUT2D eigenvalue weighted by atomic mass is 35.5. The normalized spacial score (nSPS) is 19.3. The number of benzene rings is 2. The topological polar surface area (TPSA) is 34.1 Å². The molecule has 2 aromatic rings. The molecular formula is C21H21ClO2S. The van der Waals surface area contributed by atoms with Crippen molar-refractivity contribution in [2.24, 2.45) is 5.41 Å². The maximum atomic E-state index is 11.7. The molecule has 2 nitrogen and oxygen atoms in total. The van der Waals surface area contributed by atoms with E-state index >= 15 is 0 Å². The molecule has 1 saturated carbocycles. The summed E-state index contributed by atoms with van der Waals surface area (Å²) in [6.45, 7) is 0. The number of hydrogen-bond donors (Lipinski definition) is 0. The third kappa shape index (κ3) is 3.16. The lowest BCUT2D eigenvalue weighted by molar-refractivity contribution is 0.157. The molecule has 0 saturated heterocycles. The van der Waals surface area contributed by atoms with Crippen molar-refractivity contribution in [1.82, 2.24) is 0 Å². The number of halogens is 1. The molecule has 2 aliphatic rings. The van der Waals surface area contributed by atoms with Gasteiger partial charge in [-0.2, -0.15) is 0 Å². The second-order valence-corrected chi connectivity index (χ2v) is 9.92. The Bertz CT molecular complexity index is 934. The van der Waals surface area contributed by atoms with Crippen LogP contribution in [0.5, 0.6) is 0 Å². The molecule has 0 amide bonds. The molecule has 0 atom stereocenters. The van der Waals surface area contributed by atoms with Crippen molar-refractivity contribution in [3.05, 3.63) is 64.7 Å². The lowest BCUT2D eigenvalue weighted by atomic mass is 9.66. The third-order valence-corrected chi connectivity index (χ3v) is 7.09. The van der Waals surface area contributed by atoms with Gasteiger partial charge in [-0.3, -0.25) is 0 Å². The predicted molar refractivity (Wildman–Crippen MR) is 103 cm³/mol. The summed E-state index contributed by atoms with van der Waals surface area (Å²) in [5, 5.41) is 0.750. The molecule has 0 aliphatic heterocycles. The Morgan fingerprint density at radius 3 is 1.72 bits per heavy atom. The lowest BCUT2D eigenvalue weighted by Gasteiger charge is -2.39. The van der Waals surface area contributed by atoms with Gasteiger partial charge in [0.25, 0.3) is 0 Å². The van der Waals surface area contributed by atoms with Crippen molar-refractivity contribution in [2.75, 3.05) is 6.26 Å². The number of rotatable bonds is 3. The highest BCUT2D eigenvalue weighted by Gasteiger charge is 2.43. The molecule has 0 heterocycles. The first-order valence-electron chi connectivity index (χ1n) is 8.65. The van der Waals surface area contributed by atoms with Gasteiger partial charge in [0.05, 0.1) is 4.90 Å². The minimum atomic E-state index is -3.16. The minimum absolute atomic E-state index is 0.376. The van der Waals surface area contributed by atoms with Crippen LogP contribution in [0.1, 0.15) is 43.2 Å². The van der Waals surface area contributed by atoms with Gasteiger partial charge in [-0.15, -0.1) is 0 Å². The van der Waals surface area contributed by atoms with Crippen molar-refractivity contribution in [3.63, 3.8) is 0 Å². The minimum Gasteiger partial charge on any atom is -0.224 e. The number of allylic oxidation sites excluding steroid dienone is 2. The van der Waals surface area contributed by atoms with Crippen molar-refractivity contribution in [1.29, 1.82) is 0 Å². The summed E-state index contributed by atoms with van der Waals surface area (Å²) < 4.78 is 23.4. The average molecular weight is 373 g/mol. The predicted octanol–water partition coefficient (Wildman–Crippen LogP) is 5.62. The highest BCUT2D eigenvalue weighted by Crippen LogP contribution is 2.59. The second-order valence-electron chi connectivity index (χ2n) is 7.47. The van der Waals surface area contributed by atoms with Crippen molar-refractivity contribution in [2.45, 2.75) is 37.0 Å². The van der Waals surface area contributed by atoms with Crippen molar-refractivity contribution < 1.29 is 8.42 Å². The van der Waals surface area contributed by atoms with E-state index in [1.54, 1.807) is 12.1 Å². The zero-order chi connectivity index (χ0) is 17.7. The smallest absolute Gasteiger partial charge is 0.175 e. The van der Waals surface area contributed by atoms with E-state index < -0.39 is 9.84 Å². The van der Waals surface area contributed by atoms with Gasteiger partial charge < -0.3 is 0 Å². The molecule has 25 heavy (non-hydrogen) atoms. The van der Waals surface area contributed by atoms with E-state index in [2.05, 4.69) is 12.1 Å². The van der Waals surface area contributed by atoms with Gasteiger partial charge in [-0.25, -0.2) is 8.42 Å². The quantitative estimate of drug-likeness (QED) is 0.700. The third-order valence-electron chi connectivity index (χ3n) is 5.71. The summed E-state index contributed by atoms with van der Waals surface area (Å²) in [6, 6.07) is 15.4. The summed E-state index contributed by atoms with van der Waals surface area (Å²) >= 11 is 6.05. The Balaban J connectivity index is 1.77. The summed E-state index contributed by atoms with van der Waals surface area (Å²) in [4.78, 5) is 0.376. The Hall–Kier alpha value is -1.58. The molecule has 0 N–H and O–H groups in total. The zero-order valence-electron chi connectivity index (χ0n) is 14.3. The average Bonchev–Trinajstić information content (AvgIpc) is 2.96. The van der Waals surface area contributed by atoms with E-state index in [1.807, 2.05) is 24.3 Å². The standard InChI is InChI=1S/C21H21ClO2S/c1-25(23,24)18-9-5-16(6-10-18)20-14-21(11-2-12-21)13-19(20)15-3-7-17(22)8-4-15/h3-10H,2,11-14H2,1H3. The zero-order valence-corrected chi connectivity index (χ0v) is 15.8. The fraction of sp³-hybridized carbons (Fsp3) is 0.333. The summed E-state index contributed by atoms with van der Waals surface area (Å²) in [5.74, 6) is 0. The Morgan fingerprint density at radius 1 is 0.840 bits per heavy atom. The van der Waals surface area contributed by atoms with Crippen molar-refractivity contribution in [3.8, 4) is 0 Å². The van der Waals surface area contributed by atoms with Crippen LogP contribution >= 0.6 is 11.6 Å². The Kier molecular flexibility index (Phi) is 4.04. The van der Waals surface area contributed by atoms with E-state index in [9.17, 15) is 8.42 Å². The summed E-state index contributed by atoms with van der Waals surface area (Å²) in [7, 11) is -3.16. The molecule has 1 fully saturated rings. The molecule has 130 valence electrons. The highest BCUT2D eigenvalue weighted by molar-refractivity contribution is 7.90. The van der Waals surface area contributed by atoms with Crippen LogP contribution in [0.3, 0.4) is 0 Å². The van der Waals surface area contributed by atoms with Gasteiger partial charge in [0.2, 0.25) is 0 Å². The molecule has 0 radical (unpaired) electrons. The first-order valence-corrected chi connectivity index (χ1v) is 10.9. The van der Waals surface area contributed by atoms with Gasteiger partial charge in [0.1, 0.15) is 0 Å². The largest absolute Gasteiger partial charge is 0.224 e. The van der Waals surface area contributed by atoms with Gasteiger partial charge in [-0.05, 0) is 77.6 Å². The first-order chi connectivity index (χ1) is 11.9. The van der Waals surface area contributed by atoms with E-state index in [0.29, 0.717) is 10.3 Å². The van der Waals surface area contributed by atoms with Gasteiger partial charge >= 0.3 is 0 Å². The van der Waals surface area contributed by atoms with Crippen LogP contribution in [0.2, 0.25) is 5.02 Å². The maximum absolute atomic E-state index is 11.7. The van der Waals surface area contributed by atoms with Crippen LogP contribution in [0, 0.1) is 5.41 Å². The molecule has 2 aliphatic carbocycles. The van der Waals surface area contributed by atoms with Crippen molar-refractivity contribution >= 4 is 32.6 Å². The lowest BCUT2D eigenvalue weighted by Crippen LogP contribution is -2.26. The van der Waals surface area contributed by atoms with E-state index in [4.69, 9.17) is 11.6 Å². The summed E-state index contributed by atoms with van der Waals surface area (Å²) in [5.41, 5.74) is 5.54. The Labute approximate surface area is 154 Å². The van der Waals surface area contributed by atoms with E-state index in [1.165, 1.54) is 42.2 Å². The van der Waals surface area contributed by atoms with Gasteiger partial charge in [-0.1, -0.05) is 42.3 Å². The van der Waals surface area contributed by atoms with E-state index in [-0.39, 0.29) is 0 Å². The maximum Gasteiger partial charge on any atom is 0.175 e. The molecule has 4 rings (SSSR count). The molecule has 2 aromatic carbocycles. The fourth-order valence-electron chi connectivity index (χ4n) is 4.16.